The molecule has 32 heavy (non-hydrogen) atoms. The van der Waals surface area contributed by atoms with E-state index in [1.807, 2.05) is 23.8 Å². The first-order valence-corrected chi connectivity index (χ1v) is 11.3. The van der Waals surface area contributed by atoms with Crippen LogP contribution in [0.4, 0.5) is 10.1 Å². The number of ether oxygens (including phenoxy) is 1. The average Bonchev–Trinajstić information content (AvgIpc) is 3.62. The minimum atomic E-state index is -0.761. The Morgan fingerprint density at radius 1 is 1.34 bits per heavy atom. The summed E-state index contributed by atoms with van der Waals surface area (Å²) < 4.78 is 22.0. The van der Waals surface area contributed by atoms with Gasteiger partial charge in [0.2, 0.25) is 5.43 Å². The minimum Gasteiger partial charge on any atom is -0.465 e. The van der Waals surface area contributed by atoms with Crippen molar-refractivity contribution in [2.75, 3.05) is 38.7 Å². The molecule has 0 bridgehead atoms. The standard InChI is InChI=1S/C23H27ClFN3O4/c1-4-26(2)17-12-27(9-5-6-18(17)29)21-16(25)10-14-20(19(21)24)28(13-7-8-13)11-15(22(14)30)23(31)32-3/h10-11,13,17H,4-9,12H2,1-3H3. The van der Waals surface area contributed by atoms with Crippen LogP contribution in [0, 0.1) is 5.82 Å². The third-order valence-corrected chi connectivity index (χ3v) is 6.85. The number of likely N-dealkylation sites (N-methyl/N-ethyl adjacent to an activating group) is 1. The lowest BCUT2D eigenvalue weighted by atomic mass is 10.1. The molecule has 1 saturated heterocycles. The number of ketones is 1. The van der Waals surface area contributed by atoms with Crippen LogP contribution in [-0.2, 0) is 9.53 Å². The first-order chi connectivity index (χ1) is 15.3. The van der Waals surface area contributed by atoms with Gasteiger partial charge in [-0.1, -0.05) is 18.5 Å². The van der Waals surface area contributed by atoms with Gasteiger partial charge in [0.1, 0.15) is 11.4 Å². The Kier molecular flexibility index (Phi) is 6.27. The molecule has 2 aliphatic rings. The van der Waals surface area contributed by atoms with Crippen molar-refractivity contribution in [1.29, 1.82) is 0 Å². The molecule has 172 valence electrons. The Morgan fingerprint density at radius 2 is 2.06 bits per heavy atom. The molecule has 4 rings (SSSR count). The van der Waals surface area contributed by atoms with Gasteiger partial charge in [-0.05, 0) is 38.9 Å². The fourth-order valence-corrected chi connectivity index (χ4v) is 4.85. The van der Waals surface area contributed by atoms with E-state index in [0.717, 1.165) is 18.9 Å². The topological polar surface area (TPSA) is 71.9 Å². The zero-order chi connectivity index (χ0) is 23.2. The lowest BCUT2D eigenvalue weighted by Gasteiger charge is -2.31. The van der Waals surface area contributed by atoms with Crippen molar-refractivity contribution in [3.05, 3.63) is 38.9 Å². The van der Waals surface area contributed by atoms with Gasteiger partial charge in [-0.3, -0.25) is 14.5 Å². The molecule has 1 saturated carbocycles. The summed E-state index contributed by atoms with van der Waals surface area (Å²) in [5.41, 5.74) is -0.131. The van der Waals surface area contributed by atoms with Gasteiger partial charge < -0.3 is 14.2 Å². The van der Waals surface area contributed by atoms with Crippen molar-refractivity contribution in [1.82, 2.24) is 9.47 Å². The van der Waals surface area contributed by atoms with Crippen molar-refractivity contribution < 1.29 is 18.7 Å². The first kappa shape index (κ1) is 22.7. The summed E-state index contributed by atoms with van der Waals surface area (Å²) in [5.74, 6) is -1.27. The van der Waals surface area contributed by atoms with Gasteiger partial charge >= 0.3 is 5.97 Å². The number of methoxy groups -OCH3 is 1. The number of pyridine rings is 1. The van der Waals surface area contributed by atoms with E-state index in [1.54, 1.807) is 4.57 Å². The molecule has 1 aromatic carbocycles. The number of nitrogens with zero attached hydrogens (tertiary/aromatic N) is 3. The summed E-state index contributed by atoms with van der Waals surface area (Å²) in [6.45, 7) is 3.46. The predicted octanol–water partition coefficient (Wildman–Crippen LogP) is 3.41. The largest absolute Gasteiger partial charge is 0.465 e. The first-order valence-electron chi connectivity index (χ1n) is 10.9. The average molecular weight is 464 g/mol. The number of rotatable bonds is 5. The monoisotopic (exact) mass is 463 g/mol. The maximum atomic E-state index is 15.5. The smallest absolute Gasteiger partial charge is 0.343 e. The van der Waals surface area contributed by atoms with Crippen LogP contribution in [0.25, 0.3) is 10.9 Å². The second-order valence-electron chi connectivity index (χ2n) is 8.52. The lowest BCUT2D eigenvalue weighted by Crippen LogP contribution is -2.45. The van der Waals surface area contributed by atoms with Gasteiger partial charge in [-0.15, -0.1) is 0 Å². The number of aromatic nitrogens is 1. The molecule has 1 aliphatic heterocycles. The number of esters is 1. The number of carbonyl (C=O) groups excluding carboxylic acids is 2. The molecule has 0 spiro atoms. The third kappa shape index (κ3) is 3.90. The van der Waals surface area contributed by atoms with Crippen molar-refractivity contribution >= 4 is 39.9 Å². The zero-order valence-corrected chi connectivity index (χ0v) is 19.2. The fourth-order valence-electron chi connectivity index (χ4n) is 4.44. The number of Topliss-reactive ketones (excluding diaryl/α,β-unsaturated/α-hetero) is 1. The molecular formula is C23H27ClFN3O4. The highest BCUT2D eigenvalue weighted by molar-refractivity contribution is 6.38. The van der Waals surface area contributed by atoms with Crippen LogP contribution in [0.2, 0.25) is 5.02 Å². The summed E-state index contributed by atoms with van der Waals surface area (Å²) >= 11 is 6.79. The van der Waals surface area contributed by atoms with E-state index in [2.05, 4.69) is 0 Å². The Bertz CT molecular complexity index is 1140. The van der Waals surface area contributed by atoms with Gasteiger partial charge in [0.25, 0.3) is 0 Å². The second-order valence-corrected chi connectivity index (χ2v) is 8.90. The third-order valence-electron chi connectivity index (χ3n) is 6.49. The number of anilines is 1. The molecule has 1 aliphatic carbocycles. The van der Waals surface area contributed by atoms with E-state index in [1.165, 1.54) is 13.3 Å². The van der Waals surface area contributed by atoms with Crippen LogP contribution < -0.4 is 10.3 Å². The van der Waals surface area contributed by atoms with Crippen molar-refractivity contribution in [2.45, 2.75) is 44.7 Å². The maximum Gasteiger partial charge on any atom is 0.343 e. The summed E-state index contributed by atoms with van der Waals surface area (Å²) in [6.07, 6.45) is 4.25. The van der Waals surface area contributed by atoms with Crippen LogP contribution in [0.3, 0.4) is 0 Å². The number of halogens is 2. The van der Waals surface area contributed by atoms with E-state index < -0.39 is 17.2 Å². The molecular weight excluding hydrogens is 437 g/mol. The molecule has 0 radical (unpaired) electrons. The molecule has 1 atom stereocenters. The number of hydrogen-bond acceptors (Lipinski definition) is 6. The SMILES string of the molecule is CCN(C)C1CN(c2c(F)cc3c(=O)c(C(=O)OC)cn(C4CC4)c3c2Cl)CCCC1=O. The Hall–Kier alpha value is -2.45. The van der Waals surface area contributed by atoms with E-state index in [0.29, 0.717) is 38.0 Å². The highest BCUT2D eigenvalue weighted by atomic mass is 35.5. The summed E-state index contributed by atoms with van der Waals surface area (Å²) in [4.78, 5) is 41.5. The number of fused-ring (bicyclic) bond motifs is 1. The van der Waals surface area contributed by atoms with Gasteiger partial charge in [0.05, 0.1) is 34.8 Å². The van der Waals surface area contributed by atoms with Gasteiger partial charge in [0, 0.05) is 31.7 Å². The predicted molar refractivity (Wildman–Crippen MR) is 121 cm³/mol. The number of benzene rings is 1. The highest BCUT2D eigenvalue weighted by Gasteiger charge is 2.33. The van der Waals surface area contributed by atoms with Crippen LogP contribution in [0.5, 0.6) is 0 Å². The quantitative estimate of drug-likeness (QED) is 0.633. The fraction of sp³-hybridized carbons (Fsp3) is 0.522. The molecule has 0 amide bonds. The van der Waals surface area contributed by atoms with Crippen LogP contribution in [0.1, 0.15) is 49.0 Å². The second kappa shape index (κ2) is 8.83. The number of hydrogen-bond donors (Lipinski definition) is 0. The molecule has 0 N–H and O–H groups in total. The highest BCUT2D eigenvalue weighted by Crippen LogP contribution is 2.42. The molecule has 7 nitrogen and oxygen atoms in total. The zero-order valence-electron chi connectivity index (χ0n) is 18.5. The van der Waals surface area contributed by atoms with Crippen LogP contribution in [-0.4, -0.2) is 61.1 Å². The van der Waals surface area contributed by atoms with E-state index in [9.17, 15) is 14.4 Å². The maximum absolute atomic E-state index is 15.5. The van der Waals surface area contributed by atoms with Gasteiger partial charge in [-0.2, -0.15) is 0 Å². The number of carbonyl (C=O) groups is 2. The molecule has 1 aromatic heterocycles. The summed E-state index contributed by atoms with van der Waals surface area (Å²) in [6, 6.07) is 0.887. The van der Waals surface area contributed by atoms with E-state index in [4.69, 9.17) is 16.3 Å². The van der Waals surface area contributed by atoms with Crippen molar-refractivity contribution in [3.8, 4) is 0 Å². The Balaban J connectivity index is 1.90. The Morgan fingerprint density at radius 3 is 2.69 bits per heavy atom. The van der Waals surface area contributed by atoms with E-state index >= 15 is 4.39 Å². The molecule has 1 unspecified atom stereocenters. The Labute approximate surface area is 190 Å². The molecule has 2 aromatic rings. The van der Waals surface area contributed by atoms with Crippen LogP contribution in [0.15, 0.2) is 17.1 Å². The van der Waals surface area contributed by atoms with Crippen LogP contribution >= 0.6 is 11.6 Å². The molecule has 9 heteroatoms. The lowest BCUT2D eigenvalue weighted by molar-refractivity contribution is -0.123. The summed E-state index contributed by atoms with van der Waals surface area (Å²) in [5, 5.41) is 0.187. The normalized spacial score (nSPS) is 19.5. The van der Waals surface area contributed by atoms with Crippen molar-refractivity contribution in [2.24, 2.45) is 0 Å². The van der Waals surface area contributed by atoms with E-state index in [-0.39, 0.29) is 39.5 Å². The molecule has 2 fully saturated rings. The molecule has 2 heterocycles. The van der Waals surface area contributed by atoms with Gasteiger partial charge in [0.15, 0.2) is 5.78 Å². The van der Waals surface area contributed by atoms with Crippen molar-refractivity contribution in [3.63, 3.8) is 0 Å². The van der Waals surface area contributed by atoms with Gasteiger partial charge in [-0.25, -0.2) is 9.18 Å². The summed E-state index contributed by atoms with van der Waals surface area (Å²) in [7, 11) is 3.08. The minimum absolute atomic E-state index is 0.0548.